The fraction of sp³-hybridized carbons (Fsp3) is 0.800. The molecule has 2 saturated carbocycles. The van der Waals surface area contributed by atoms with E-state index < -0.39 is 0 Å². The van der Waals surface area contributed by atoms with Crippen molar-refractivity contribution in [2.24, 2.45) is 38.1 Å². The van der Waals surface area contributed by atoms with Crippen LogP contribution in [-0.2, 0) is 14.4 Å². The van der Waals surface area contributed by atoms with Crippen molar-refractivity contribution in [1.82, 2.24) is 0 Å². The summed E-state index contributed by atoms with van der Waals surface area (Å²) >= 11 is 0. The van der Waals surface area contributed by atoms with Crippen LogP contribution < -0.4 is 0 Å². The summed E-state index contributed by atoms with van der Waals surface area (Å²) in [5.41, 5.74) is 0.0593. The third kappa shape index (κ3) is 3.25. The Morgan fingerprint density at radius 3 is 2.00 bits per heavy atom. The van der Waals surface area contributed by atoms with Crippen molar-refractivity contribution >= 4 is 18.2 Å². The van der Waals surface area contributed by atoms with Crippen molar-refractivity contribution in [3.63, 3.8) is 0 Å². The molecule has 0 saturated heterocycles. The third-order valence-electron chi connectivity index (χ3n) is 5.26. The zero-order valence-corrected chi connectivity index (χ0v) is 12.0. The minimum absolute atomic E-state index is 0.0593. The first-order chi connectivity index (χ1) is 10.3. The minimum atomic E-state index is 0.0593. The van der Waals surface area contributed by atoms with E-state index in [1.54, 1.807) is 18.2 Å². The zero-order valence-electron chi connectivity index (χ0n) is 12.0. The Kier molecular flexibility index (Phi) is 5.35. The summed E-state index contributed by atoms with van der Waals surface area (Å²) in [6.07, 6.45) is 9.78. The Labute approximate surface area is 123 Å². The molecule has 6 heteroatoms. The van der Waals surface area contributed by atoms with Gasteiger partial charge in [-0.25, -0.2) is 29.4 Å². The van der Waals surface area contributed by atoms with E-state index in [2.05, 4.69) is 15.0 Å². The Morgan fingerprint density at radius 2 is 1.48 bits per heavy atom. The Balaban J connectivity index is 2.13. The van der Waals surface area contributed by atoms with E-state index in [9.17, 15) is 14.4 Å². The second kappa shape index (κ2) is 7.24. The van der Waals surface area contributed by atoms with Gasteiger partial charge in [-0.2, -0.15) is 0 Å². The molecular weight excluding hydrogens is 270 g/mol. The van der Waals surface area contributed by atoms with Gasteiger partial charge in [-0.05, 0) is 55.3 Å². The molecule has 2 rings (SSSR count). The normalized spacial score (nSPS) is 32.9. The zero-order chi connectivity index (χ0) is 15.1. The fourth-order valence-electron chi connectivity index (χ4n) is 4.59. The van der Waals surface area contributed by atoms with Gasteiger partial charge >= 0.3 is 0 Å². The van der Waals surface area contributed by atoms with Gasteiger partial charge in [0.15, 0.2) is 0 Å². The van der Waals surface area contributed by atoms with Crippen molar-refractivity contribution in [3.8, 4) is 0 Å². The van der Waals surface area contributed by atoms with Crippen LogP contribution in [0.3, 0.4) is 0 Å². The van der Waals surface area contributed by atoms with Crippen molar-refractivity contribution in [2.75, 3.05) is 19.6 Å². The molecule has 0 radical (unpaired) electrons. The monoisotopic (exact) mass is 289 g/mol. The van der Waals surface area contributed by atoms with Crippen LogP contribution in [0.5, 0.6) is 0 Å². The highest BCUT2D eigenvalue weighted by atomic mass is 16.1. The molecule has 2 atom stereocenters. The topological polar surface area (TPSA) is 88.3 Å². The molecule has 0 aromatic carbocycles. The number of rotatable bonds is 8. The second-order valence-electron chi connectivity index (χ2n) is 6.11. The molecule has 112 valence electrons. The molecule has 21 heavy (non-hydrogen) atoms. The quantitative estimate of drug-likeness (QED) is 0.388. The second-order valence-corrected chi connectivity index (χ2v) is 6.11. The standard InChI is InChI=1S/C15H19N3O3/c19-9-16-3-1-2-15-6-12(4-13(15)7-17-10-20)5-14(15)8-18-11-21/h12-14H,1-8H2. The molecule has 2 aliphatic carbocycles. The van der Waals surface area contributed by atoms with Crippen LogP contribution in [0.4, 0.5) is 0 Å². The molecule has 0 aromatic heterocycles. The van der Waals surface area contributed by atoms with E-state index in [0.717, 1.165) is 32.1 Å². The van der Waals surface area contributed by atoms with Gasteiger partial charge in [-0.1, -0.05) is 0 Å². The van der Waals surface area contributed by atoms with Crippen LogP contribution in [0, 0.1) is 23.2 Å². The van der Waals surface area contributed by atoms with Gasteiger partial charge < -0.3 is 0 Å². The largest absolute Gasteiger partial charge is 0.234 e. The van der Waals surface area contributed by atoms with E-state index in [0.29, 0.717) is 37.4 Å². The number of carbonyl (C=O) groups excluding carboxylic acids is 3. The highest BCUT2D eigenvalue weighted by molar-refractivity contribution is 5.34. The Morgan fingerprint density at radius 1 is 0.905 bits per heavy atom. The van der Waals surface area contributed by atoms with E-state index >= 15 is 0 Å². The summed E-state index contributed by atoms with van der Waals surface area (Å²) in [7, 11) is 0. The highest BCUT2D eigenvalue weighted by Crippen LogP contribution is 2.63. The van der Waals surface area contributed by atoms with Gasteiger partial charge in [0.05, 0.1) is 19.6 Å². The molecular formula is C15H19N3O3. The lowest BCUT2D eigenvalue weighted by Gasteiger charge is -2.40. The van der Waals surface area contributed by atoms with E-state index in [-0.39, 0.29) is 5.41 Å². The molecule has 2 aliphatic rings. The number of hydrogen-bond donors (Lipinski definition) is 0. The molecule has 0 N–H and O–H groups in total. The molecule has 0 amide bonds. The predicted octanol–water partition coefficient (Wildman–Crippen LogP) is 1.81. The summed E-state index contributed by atoms with van der Waals surface area (Å²) in [5, 5.41) is 0. The summed E-state index contributed by atoms with van der Waals surface area (Å²) in [6, 6.07) is 0. The Hall–Kier alpha value is -1.86. The average molecular weight is 289 g/mol. The van der Waals surface area contributed by atoms with Crippen LogP contribution >= 0.6 is 0 Å². The van der Waals surface area contributed by atoms with Crippen LogP contribution in [0.1, 0.15) is 32.1 Å². The summed E-state index contributed by atoms with van der Waals surface area (Å²) in [4.78, 5) is 42.1. The van der Waals surface area contributed by atoms with Crippen molar-refractivity contribution in [3.05, 3.63) is 0 Å². The first kappa shape index (κ1) is 15.5. The molecule has 0 spiro atoms. The smallest absolute Gasteiger partial charge is 0.211 e. The average Bonchev–Trinajstić information content (AvgIpc) is 3.02. The number of isocyanates is 3. The van der Waals surface area contributed by atoms with Gasteiger partial charge in [0.25, 0.3) is 0 Å². The molecule has 0 aromatic rings. The fourth-order valence-corrected chi connectivity index (χ4v) is 4.59. The van der Waals surface area contributed by atoms with Gasteiger partial charge in [-0.15, -0.1) is 0 Å². The van der Waals surface area contributed by atoms with Crippen LogP contribution in [0.15, 0.2) is 15.0 Å². The van der Waals surface area contributed by atoms with Gasteiger partial charge in [0.1, 0.15) is 0 Å². The van der Waals surface area contributed by atoms with Crippen molar-refractivity contribution < 1.29 is 14.4 Å². The first-order valence-corrected chi connectivity index (χ1v) is 7.37. The maximum absolute atomic E-state index is 10.4. The number of nitrogens with zero attached hydrogens (tertiary/aromatic N) is 3. The molecule has 2 bridgehead atoms. The van der Waals surface area contributed by atoms with Gasteiger partial charge in [0.2, 0.25) is 18.2 Å². The summed E-state index contributed by atoms with van der Waals surface area (Å²) in [5.74, 6) is 1.30. The maximum atomic E-state index is 10.4. The van der Waals surface area contributed by atoms with E-state index in [1.807, 2.05) is 0 Å². The SMILES string of the molecule is O=C=NCCCC12CC(CC1CN=C=O)CC2CN=C=O. The predicted molar refractivity (Wildman–Crippen MR) is 75.0 cm³/mol. The van der Waals surface area contributed by atoms with Crippen molar-refractivity contribution in [2.45, 2.75) is 32.1 Å². The first-order valence-electron chi connectivity index (χ1n) is 7.37. The molecule has 0 aliphatic heterocycles. The van der Waals surface area contributed by atoms with Crippen LogP contribution in [0.25, 0.3) is 0 Å². The summed E-state index contributed by atoms with van der Waals surface area (Å²) in [6.45, 7) is 1.47. The van der Waals surface area contributed by atoms with Crippen molar-refractivity contribution in [1.29, 1.82) is 0 Å². The third-order valence-corrected chi connectivity index (χ3v) is 5.26. The number of hydrogen-bond acceptors (Lipinski definition) is 6. The number of fused-ring (bicyclic) bond motifs is 2. The summed E-state index contributed by atoms with van der Waals surface area (Å²) < 4.78 is 0. The lowest BCUT2D eigenvalue weighted by molar-refractivity contribution is 0.0989. The van der Waals surface area contributed by atoms with Crippen LogP contribution in [0.2, 0.25) is 0 Å². The van der Waals surface area contributed by atoms with Gasteiger partial charge in [0, 0.05) is 0 Å². The molecule has 2 unspecified atom stereocenters. The Bertz CT molecular complexity index is 484. The van der Waals surface area contributed by atoms with E-state index in [4.69, 9.17) is 0 Å². The molecule has 6 nitrogen and oxygen atoms in total. The van der Waals surface area contributed by atoms with E-state index in [1.165, 1.54) is 0 Å². The minimum Gasteiger partial charge on any atom is -0.211 e. The highest BCUT2D eigenvalue weighted by Gasteiger charge is 2.56. The number of aliphatic imine (C=N–C) groups is 3. The lowest BCUT2D eigenvalue weighted by Crippen LogP contribution is -2.37. The molecule has 0 heterocycles. The maximum Gasteiger partial charge on any atom is 0.234 e. The molecule has 2 fully saturated rings. The van der Waals surface area contributed by atoms with Crippen LogP contribution in [-0.4, -0.2) is 37.9 Å². The van der Waals surface area contributed by atoms with Gasteiger partial charge in [-0.3, -0.25) is 0 Å². The lowest BCUT2D eigenvalue weighted by atomic mass is 9.65.